The van der Waals surface area contributed by atoms with Crippen LogP contribution >= 0.6 is 38.9 Å². The first-order valence-corrected chi connectivity index (χ1v) is 14.9. The summed E-state index contributed by atoms with van der Waals surface area (Å²) in [6.07, 6.45) is 5.89. The molecule has 0 unspecified atom stereocenters. The summed E-state index contributed by atoms with van der Waals surface area (Å²) in [6, 6.07) is 20.9. The van der Waals surface area contributed by atoms with Gasteiger partial charge in [-0.15, -0.1) is 11.3 Å². The number of anilines is 1. The van der Waals surface area contributed by atoms with Crippen LogP contribution in [0.4, 0.5) is 10.7 Å². The van der Waals surface area contributed by atoms with Crippen molar-refractivity contribution >= 4 is 61.7 Å². The summed E-state index contributed by atoms with van der Waals surface area (Å²) in [5, 5.41) is 4.46. The van der Waals surface area contributed by atoms with Crippen LogP contribution in [0.1, 0.15) is 51.7 Å². The minimum atomic E-state index is -0.116. The summed E-state index contributed by atoms with van der Waals surface area (Å²) in [6.45, 7) is 2.81. The first kappa shape index (κ1) is 27.4. The van der Waals surface area contributed by atoms with E-state index in [0.717, 1.165) is 57.5 Å². The third kappa shape index (κ3) is 6.72. The molecule has 0 saturated carbocycles. The van der Waals surface area contributed by atoms with Crippen molar-refractivity contribution in [1.29, 1.82) is 0 Å². The molecular weight excluding hydrogens is 596 g/mol. The molecule has 200 valence electrons. The van der Waals surface area contributed by atoms with Gasteiger partial charge >= 0.3 is 0 Å². The normalized spacial score (nSPS) is 12.8. The highest BCUT2D eigenvalue weighted by molar-refractivity contribution is 9.10. The van der Waals surface area contributed by atoms with E-state index in [0.29, 0.717) is 35.3 Å². The van der Waals surface area contributed by atoms with Crippen molar-refractivity contribution in [2.24, 2.45) is 4.99 Å². The molecule has 1 aliphatic carbocycles. The van der Waals surface area contributed by atoms with Crippen LogP contribution in [0.2, 0.25) is 5.02 Å². The van der Waals surface area contributed by atoms with Crippen LogP contribution in [0.15, 0.2) is 76.2 Å². The Morgan fingerprint density at radius 3 is 2.62 bits per heavy atom. The molecular formula is C31H28BrClN2O3S. The number of halogens is 2. The number of thiophene rings is 1. The zero-order chi connectivity index (χ0) is 27.2. The van der Waals surface area contributed by atoms with Gasteiger partial charge in [-0.25, -0.2) is 4.99 Å². The molecule has 5 nitrogen and oxygen atoms in total. The maximum atomic E-state index is 13.4. The van der Waals surface area contributed by atoms with Gasteiger partial charge in [-0.05, 0) is 102 Å². The van der Waals surface area contributed by atoms with Crippen molar-refractivity contribution in [3.05, 3.63) is 103 Å². The fourth-order valence-corrected chi connectivity index (χ4v) is 6.46. The van der Waals surface area contributed by atoms with Crippen LogP contribution in [0.25, 0.3) is 0 Å². The molecule has 0 bridgehead atoms. The van der Waals surface area contributed by atoms with E-state index in [-0.39, 0.29) is 5.91 Å². The van der Waals surface area contributed by atoms with Crippen LogP contribution in [0, 0.1) is 0 Å². The van der Waals surface area contributed by atoms with Crippen LogP contribution in [-0.2, 0) is 19.4 Å². The molecule has 0 saturated heterocycles. The van der Waals surface area contributed by atoms with Crippen molar-refractivity contribution in [1.82, 2.24) is 0 Å². The van der Waals surface area contributed by atoms with Gasteiger partial charge in [0.15, 0.2) is 11.5 Å². The molecule has 1 aromatic heterocycles. The molecule has 0 fully saturated rings. The minimum absolute atomic E-state index is 0.116. The Labute approximate surface area is 246 Å². The largest absolute Gasteiger partial charge is 0.490 e. The number of hydrogen-bond donors (Lipinski definition) is 1. The molecule has 0 aliphatic heterocycles. The molecule has 4 aromatic rings. The molecule has 0 spiro atoms. The van der Waals surface area contributed by atoms with Crippen LogP contribution < -0.4 is 14.8 Å². The van der Waals surface area contributed by atoms with Crippen LogP contribution in [-0.4, -0.2) is 18.7 Å². The Balaban J connectivity index is 1.42. The molecule has 0 radical (unpaired) electrons. The zero-order valence-electron chi connectivity index (χ0n) is 21.5. The maximum absolute atomic E-state index is 13.4. The Hall–Kier alpha value is -3.13. The fraction of sp³-hybridized carbons (Fsp3) is 0.226. The fourth-order valence-electron chi connectivity index (χ4n) is 4.53. The zero-order valence-corrected chi connectivity index (χ0v) is 24.7. The molecule has 3 aromatic carbocycles. The number of nitrogens with one attached hydrogen (secondary N) is 1. The number of carbonyl (C=O) groups excluding carboxylic acids is 1. The molecule has 39 heavy (non-hydrogen) atoms. The standard InChI is InChI=1S/C31H28BrClN2O3S/c1-2-37-26-17-21(16-25(32)29(26)38-19-20-12-14-22(33)15-13-20)18-34-31-28(24-10-6-7-11-27(24)39-31)30(36)35-23-8-4-3-5-9-23/h3-5,8-9,12-18H,2,6-7,10-11,19H2,1H3,(H,35,36). The topological polar surface area (TPSA) is 59.9 Å². The second-order valence-electron chi connectivity index (χ2n) is 9.15. The number of rotatable bonds is 9. The van der Waals surface area contributed by atoms with E-state index in [1.54, 1.807) is 17.6 Å². The van der Waals surface area contributed by atoms with E-state index >= 15 is 0 Å². The average molecular weight is 624 g/mol. The van der Waals surface area contributed by atoms with Gasteiger partial charge in [-0.2, -0.15) is 0 Å². The first-order chi connectivity index (χ1) is 19.0. The smallest absolute Gasteiger partial charge is 0.259 e. The highest BCUT2D eigenvalue weighted by Crippen LogP contribution is 2.41. The van der Waals surface area contributed by atoms with Crippen LogP contribution in [0.3, 0.4) is 0 Å². The Kier molecular flexibility index (Phi) is 9.02. The van der Waals surface area contributed by atoms with Gasteiger partial charge in [0.1, 0.15) is 11.6 Å². The average Bonchev–Trinajstić information content (AvgIpc) is 3.32. The van der Waals surface area contributed by atoms with Gasteiger partial charge in [-0.3, -0.25) is 4.79 Å². The third-order valence-corrected chi connectivity index (χ3v) is 8.41. The van der Waals surface area contributed by atoms with Crippen molar-refractivity contribution in [2.75, 3.05) is 11.9 Å². The van der Waals surface area contributed by atoms with Crippen molar-refractivity contribution in [3.63, 3.8) is 0 Å². The Bertz CT molecular complexity index is 1490. The molecule has 1 heterocycles. The summed E-state index contributed by atoms with van der Waals surface area (Å²) in [4.78, 5) is 19.5. The molecule has 1 N–H and O–H groups in total. The summed E-state index contributed by atoms with van der Waals surface area (Å²) >= 11 is 11.3. The summed E-state index contributed by atoms with van der Waals surface area (Å²) in [7, 11) is 0. The van der Waals surface area contributed by atoms with Gasteiger partial charge < -0.3 is 14.8 Å². The second-order valence-corrected chi connectivity index (χ2v) is 11.5. The number of benzene rings is 3. The lowest BCUT2D eigenvalue weighted by Crippen LogP contribution is -2.14. The highest BCUT2D eigenvalue weighted by Gasteiger charge is 2.25. The SMILES string of the molecule is CCOc1cc(C=Nc2sc3c(c2C(=O)Nc2ccccc2)CCCC3)cc(Br)c1OCc1ccc(Cl)cc1. The van der Waals surface area contributed by atoms with Gasteiger partial charge in [0, 0.05) is 21.8 Å². The molecule has 0 atom stereocenters. The summed E-state index contributed by atoms with van der Waals surface area (Å²) < 4.78 is 12.8. The Morgan fingerprint density at radius 1 is 1.08 bits per heavy atom. The number of hydrogen-bond acceptors (Lipinski definition) is 5. The van der Waals surface area contributed by atoms with Gasteiger partial charge in [0.05, 0.1) is 16.6 Å². The molecule has 5 rings (SSSR count). The predicted molar refractivity (Wildman–Crippen MR) is 164 cm³/mol. The third-order valence-electron chi connectivity index (χ3n) is 6.37. The van der Waals surface area contributed by atoms with Gasteiger partial charge in [-0.1, -0.05) is 41.9 Å². The van der Waals surface area contributed by atoms with Gasteiger partial charge in [0.2, 0.25) is 0 Å². The predicted octanol–water partition coefficient (Wildman–Crippen LogP) is 9.02. The van der Waals surface area contributed by atoms with Crippen LogP contribution in [0.5, 0.6) is 11.5 Å². The molecule has 1 amide bonds. The van der Waals surface area contributed by atoms with Crippen molar-refractivity contribution < 1.29 is 14.3 Å². The number of carbonyl (C=O) groups is 1. The number of para-hydroxylation sites is 1. The lowest BCUT2D eigenvalue weighted by atomic mass is 9.95. The lowest BCUT2D eigenvalue weighted by Gasteiger charge is -2.15. The second kappa shape index (κ2) is 12.8. The number of amides is 1. The van der Waals surface area contributed by atoms with Crippen molar-refractivity contribution in [2.45, 2.75) is 39.2 Å². The summed E-state index contributed by atoms with van der Waals surface area (Å²) in [5.74, 6) is 1.13. The van der Waals surface area contributed by atoms with E-state index < -0.39 is 0 Å². The minimum Gasteiger partial charge on any atom is -0.490 e. The number of fused-ring (bicyclic) bond motifs is 1. The monoisotopic (exact) mass is 622 g/mol. The lowest BCUT2D eigenvalue weighted by molar-refractivity contribution is 0.102. The van der Waals surface area contributed by atoms with Crippen molar-refractivity contribution in [3.8, 4) is 11.5 Å². The van der Waals surface area contributed by atoms with E-state index in [1.165, 1.54) is 4.88 Å². The van der Waals surface area contributed by atoms with Gasteiger partial charge in [0.25, 0.3) is 5.91 Å². The Morgan fingerprint density at radius 2 is 1.85 bits per heavy atom. The maximum Gasteiger partial charge on any atom is 0.259 e. The van der Waals surface area contributed by atoms with E-state index in [2.05, 4.69) is 21.2 Å². The molecule has 8 heteroatoms. The number of ether oxygens (including phenoxy) is 2. The molecule has 1 aliphatic rings. The quantitative estimate of drug-likeness (QED) is 0.189. The highest BCUT2D eigenvalue weighted by atomic mass is 79.9. The number of aliphatic imine (C=N–C) groups is 1. The van der Waals surface area contributed by atoms with E-state index in [4.69, 9.17) is 26.1 Å². The first-order valence-electron chi connectivity index (χ1n) is 12.9. The van der Waals surface area contributed by atoms with E-state index in [1.807, 2.05) is 73.7 Å². The number of aryl methyl sites for hydroxylation is 1. The number of nitrogens with zero attached hydrogens (tertiary/aromatic N) is 1. The summed E-state index contributed by atoms with van der Waals surface area (Å²) in [5.41, 5.74) is 4.43. The van der Waals surface area contributed by atoms with E-state index in [9.17, 15) is 4.79 Å².